The molecule has 3 aromatic rings. The van der Waals surface area contributed by atoms with Crippen molar-refractivity contribution < 1.29 is 9.47 Å². The molecule has 3 nitrogen and oxygen atoms in total. The van der Waals surface area contributed by atoms with E-state index in [1.54, 1.807) is 0 Å². The molecule has 140 valence electrons. The largest absolute Gasteiger partial charge is 0.491 e. The summed E-state index contributed by atoms with van der Waals surface area (Å²) in [4.78, 5) is 0. The second-order valence-corrected chi connectivity index (χ2v) is 6.77. The van der Waals surface area contributed by atoms with Crippen LogP contribution in [0.4, 0.5) is 5.69 Å². The number of ether oxygens (including phenoxy) is 2. The zero-order chi connectivity index (χ0) is 18.9. The van der Waals surface area contributed by atoms with Gasteiger partial charge in [0.05, 0.1) is 0 Å². The number of rotatable bonds is 9. The Morgan fingerprint density at radius 3 is 2.22 bits per heavy atom. The van der Waals surface area contributed by atoms with E-state index >= 15 is 0 Å². The van der Waals surface area contributed by atoms with E-state index in [0.29, 0.717) is 19.1 Å². The molecule has 3 aromatic carbocycles. The predicted octanol–water partition coefficient (Wildman–Crippen LogP) is 5.88. The molecular weight excluding hydrogens is 334 g/mol. The third-order valence-corrected chi connectivity index (χ3v) is 4.33. The van der Waals surface area contributed by atoms with Crippen LogP contribution in [0.25, 0.3) is 0 Å². The van der Waals surface area contributed by atoms with Gasteiger partial charge >= 0.3 is 0 Å². The molecule has 0 heterocycles. The van der Waals surface area contributed by atoms with Gasteiger partial charge in [-0.1, -0.05) is 62.4 Å². The van der Waals surface area contributed by atoms with Gasteiger partial charge in [-0.15, -0.1) is 0 Å². The lowest BCUT2D eigenvalue weighted by Crippen LogP contribution is -2.12. The Kier molecular flexibility index (Phi) is 6.75. The zero-order valence-electron chi connectivity index (χ0n) is 16.0. The molecule has 0 atom stereocenters. The first kappa shape index (κ1) is 18.8. The van der Waals surface area contributed by atoms with Crippen LogP contribution in [0.1, 0.15) is 30.9 Å². The van der Waals surface area contributed by atoms with Crippen LogP contribution in [-0.2, 0) is 6.61 Å². The van der Waals surface area contributed by atoms with Gasteiger partial charge in [-0.25, -0.2) is 0 Å². The Balaban J connectivity index is 1.43. The summed E-state index contributed by atoms with van der Waals surface area (Å²) in [5, 5.41) is 3.38. The second kappa shape index (κ2) is 9.67. The molecule has 0 aromatic heterocycles. The Hall–Kier alpha value is -2.94. The van der Waals surface area contributed by atoms with Crippen molar-refractivity contribution in [2.45, 2.75) is 26.4 Å². The molecule has 0 aliphatic rings. The SMILES string of the molecule is CC(C)c1ccccc1OCCNc1ccc(OCc2ccccc2)cc1. The lowest BCUT2D eigenvalue weighted by atomic mass is 10.0. The Bertz CT molecular complexity index is 813. The smallest absolute Gasteiger partial charge is 0.122 e. The molecule has 0 amide bonds. The summed E-state index contributed by atoms with van der Waals surface area (Å²) in [6.07, 6.45) is 0. The summed E-state index contributed by atoms with van der Waals surface area (Å²) in [6.45, 7) is 6.31. The summed E-state index contributed by atoms with van der Waals surface area (Å²) in [7, 11) is 0. The highest BCUT2D eigenvalue weighted by molar-refractivity contribution is 5.46. The average Bonchev–Trinajstić information content (AvgIpc) is 2.71. The Labute approximate surface area is 162 Å². The first-order chi connectivity index (χ1) is 13.2. The predicted molar refractivity (Wildman–Crippen MR) is 112 cm³/mol. The fraction of sp³-hybridized carbons (Fsp3) is 0.250. The molecule has 0 bridgehead atoms. The number of nitrogens with one attached hydrogen (secondary N) is 1. The van der Waals surface area contributed by atoms with Crippen LogP contribution in [0.2, 0.25) is 0 Å². The van der Waals surface area contributed by atoms with Gasteiger partial charge in [0.1, 0.15) is 24.7 Å². The maximum absolute atomic E-state index is 5.94. The van der Waals surface area contributed by atoms with Crippen molar-refractivity contribution in [2.75, 3.05) is 18.5 Å². The van der Waals surface area contributed by atoms with Gasteiger partial charge < -0.3 is 14.8 Å². The minimum atomic E-state index is 0.456. The fourth-order valence-electron chi connectivity index (χ4n) is 2.86. The van der Waals surface area contributed by atoms with Gasteiger partial charge in [-0.2, -0.15) is 0 Å². The van der Waals surface area contributed by atoms with Crippen molar-refractivity contribution in [1.82, 2.24) is 0 Å². The van der Waals surface area contributed by atoms with E-state index in [0.717, 1.165) is 23.7 Å². The molecular formula is C24H27NO2. The summed E-state index contributed by atoms with van der Waals surface area (Å²) >= 11 is 0. The standard InChI is InChI=1S/C24H27NO2/c1-19(2)23-10-6-7-11-24(23)26-17-16-25-21-12-14-22(15-13-21)27-18-20-8-4-3-5-9-20/h3-15,19,25H,16-18H2,1-2H3. The van der Waals surface area contributed by atoms with Crippen molar-refractivity contribution in [1.29, 1.82) is 0 Å². The molecule has 0 saturated carbocycles. The molecule has 3 heteroatoms. The van der Waals surface area contributed by atoms with Crippen molar-refractivity contribution in [3.63, 3.8) is 0 Å². The van der Waals surface area contributed by atoms with Gasteiger partial charge in [-0.3, -0.25) is 0 Å². The number of anilines is 1. The van der Waals surface area contributed by atoms with E-state index < -0.39 is 0 Å². The van der Waals surface area contributed by atoms with Gasteiger partial charge in [-0.05, 0) is 47.4 Å². The van der Waals surface area contributed by atoms with Gasteiger partial charge in [0.25, 0.3) is 0 Å². The molecule has 0 fully saturated rings. The molecule has 0 unspecified atom stereocenters. The van der Waals surface area contributed by atoms with E-state index in [1.165, 1.54) is 11.1 Å². The highest BCUT2D eigenvalue weighted by Gasteiger charge is 2.06. The average molecular weight is 361 g/mol. The third-order valence-electron chi connectivity index (χ3n) is 4.33. The van der Waals surface area contributed by atoms with E-state index in [2.05, 4.69) is 43.4 Å². The highest BCUT2D eigenvalue weighted by Crippen LogP contribution is 2.25. The van der Waals surface area contributed by atoms with Crippen molar-refractivity contribution in [2.24, 2.45) is 0 Å². The Morgan fingerprint density at radius 2 is 1.48 bits per heavy atom. The summed E-state index contributed by atoms with van der Waals surface area (Å²) in [6, 6.07) is 26.4. The first-order valence-corrected chi connectivity index (χ1v) is 9.45. The van der Waals surface area contributed by atoms with Crippen molar-refractivity contribution in [3.05, 3.63) is 90.0 Å². The lowest BCUT2D eigenvalue weighted by molar-refractivity contribution is 0.306. The number of hydrogen-bond acceptors (Lipinski definition) is 3. The van der Waals surface area contributed by atoms with E-state index in [-0.39, 0.29) is 0 Å². The minimum absolute atomic E-state index is 0.456. The molecule has 0 aliphatic heterocycles. The van der Waals surface area contributed by atoms with Crippen LogP contribution < -0.4 is 14.8 Å². The topological polar surface area (TPSA) is 30.5 Å². The Morgan fingerprint density at radius 1 is 0.778 bits per heavy atom. The van der Waals surface area contributed by atoms with E-state index in [1.807, 2.05) is 54.6 Å². The van der Waals surface area contributed by atoms with E-state index in [4.69, 9.17) is 9.47 Å². The normalized spacial score (nSPS) is 10.6. The van der Waals surface area contributed by atoms with Crippen LogP contribution in [0, 0.1) is 0 Å². The fourth-order valence-corrected chi connectivity index (χ4v) is 2.86. The molecule has 3 rings (SSSR count). The van der Waals surface area contributed by atoms with Crippen molar-refractivity contribution in [3.8, 4) is 11.5 Å². The molecule has 0 spiro atoms. The third kappa shape index (κ3) is 5.78. The van der Waals surface area contributed by atoms with E-state index in [9.17, 15) is 0 Å². The summed E-state index contributed by atoms with van der Waals surface area (Å²) < 4.78 is 11.8. The van der Waals surface area contributed by atoms with Crippen LogP contribution in [0.3, 0.4) is 0 Å². The number of benzene rings is 3. The monoisotopic (exact) mass is 361 g/mol. The molecule has 1 N–H and O–H groups in total. The molecule has 0 aliphatic carbocycles. The van der Waals surface area contributed by atoms with Crippen LogP contribution >= 0.6 is 0 Å². The maximum atomic E-state index is 5.94. The number of hydrogen-bond donors (Lipinski definition) is 1. The van der Waals surface area contributed by atoms with Crippen molar-refractivity contribution >= 4 is 5.69 Å². The van der Waals surface area contributed by atoms with Gasteiger partial charge in [0.2, 0.25) is 0 Å². The lowest BCUT2D eigenvalue weighted by Gasteiger charge is -2.14. The first-order valence-electron chi connectivity index (χ1n) is 9.45. The van der Waals surface area contributed by atoms with Crippen LogP contribution in [-0.4, -0.2) is 13.2 Å². The van der Waals surface area contributed by atoms with Crippen LogP contribution in [0.15, 0.2) is 78.9 Å². The highest BCUT2D eigenvalue weighted by atomic mass is 16.5. The van der Waals surface area contributed by atoms with Crippen LogP contribution in [0.5, 0.6) is 11.5 Å². The quantitative estimate of drug-likeness (QED) is 0.483. The zero-order valence-corrected chi connectivity index (χ0v) is 16.0. The molecule has 0 saturated heterocycles. The summed E-state index contributed by atoms with van der Waals surface area (Å²) in [5.41, 5.74) is 3.47. The molecule has 0 radical (unpaired) electrons. The maximum Gasteiger partial charge on any atom is 0.122 e. The molecule has 27 heavy (non-hydrogen) atoms. The van der Waals surface area contributed by atoms with Gasteiger partial charge in [0.15, 0.2) is 0 Å². The summed E-state index contributed by atoms with van der Waals surface area (Å²) in [5.74, 6) is 2.29. The number of para-hydroxylation sites is 1. The second-order valence-electron chi connectivity index (χ2n) is 6.77. The minimum Gasteiger partial charge on any atom is -0.491 e. The van der Waals surface area contributed by atoms with Gasteiger partial charge in [0, 0.05) is 12.2 Å².